The molecular weight excluding hydrogens is 450 g/mol. The molecule has 0 aliphatic carbocycles. The standard InChI is InChI=1S/C22H31N3O9/c1-4-32-16(27)11-15(21(30)33-5-2)18(19(23)28)24-20(29)17(13(3)26)25-22(31)34-12-14-9-7-6-8-10-14/h6-10,13,15,17-18,26H,4-5,11-12H2,1-3H3,(H2,23,28)(H,24,29)(H,25,31)/t13-,15+,17+,18+/m1/s1. The number of aliphatic hydroxyl groups excluding tert-OH is 1. The van der Waals surface area contributed by atoms with Gasteiger partial charge in [0.2, 0.25) is 11.8 Å². The lowest BCUT2D eigenvalue weighted by Gasteiger charge is -2.27. The number of esters is 2. The van der Waals surface area contributed by atoms with Crippen LogP contribution in [0.5, 0.6) is 0 Å². The molecular formula is C22H31N3O9. The predicted molar refractivity (Wildman–Crippen MR) is 118 cm³/mol. The number of benzene rings is 1. The van der Waals surface area contributed by atoms with Crippen LogP contribution in [0.3, 0.4) is 0 Å². The van der Waals surface area contributed by atoms with Crippen molar-refractivity contribution < 1.29 is 43.3 Å². The van der Waals surface area contributed by atoms with E-state index in [-0.39, 0.29) is 19.8 Å². The lowest BCUT2D eigenvalue weighted by molar-refractivity contribution is -0.157. The summed E-state index contributed by atoms with van der Waals surface area (Å²) < 4.78 is 14.7. The number of primary amides is 1. The van der Waals surface area contributed by atoms with Crippen molar-refractivity contribution in [1.82, 2.24) is 10.6 Å². The second kappa shape index (κ2) is 14.5. The first-order chi connectivity index (χ1) is 16.1. The van der Waals surface area contributed by atoms with Crippen LogP contribution in [-0.4, -0.2) is 66.4 Å². The van der Waals surface area contributed by atoms with Gasteiger partial charge in [-0.2, -0.15) is 0 Å². The molecule has 0 spiro atoms. The smallest absolute Gasteiger partial charge is 0.408 e. The molecule has 4 atom stereocenters. The van der Waals surface area contributed by atoms with Gasteiger partial charge in [-0.3, -0.25) is 19.2 Å². The predicted octanol–water partition coefficient (Wildman–Crippen LogP) is -0.235. The van der Waals surface area contributed by atoms with Crippen molar-refractivity contribution in [2.24, 2.45) is 11.7 Å². The van der Waals surface area contributed by atoms with Crippen molar-refractivity contribution in [3.05, 3.63) is 35.9 Å². The molecule has 0 aliphatic rings. The Labute approximate surface area is 197 Å². The normalized spacial score (nSPS) is 14.0. The quantitative estimate of drug-likeness (QED) is 0.218. The molecule has 0 radical (unpaired) electrons. The van der Waals surface area contributed by atoms with Crippen LogP contribution >= 0.6 is 0 Å². The summed E-state index contributed by atoms with van der Waals surface area (Å²) in [4.78, 5) is 61.3. The molecule has 188 valence electrons. The molecule has 0 aliphatic heterocycles. The zero-order valence-electron chi connectivity index (χ0n) is 19.3. The number of ether oxygens (including phenoxy) is 3. The molecule has 34 heavy (non-hydrogen) atoms. The van der Waals surface area contributed by atoms with Crippen LogP contribution in [-0.2, 0) is 40.0 Å². The number of alkyl carbamates (subject to hydrolysis) is 1. The maximum absolute atomic E-state index is 12.8. The van der Waals surface area contributed by atoms with E-state index in [1.54, 1.807) is 37.3 Å². The molecule has 5 N–H and O–H groups in total. The molecule has 0 saturated heterocycles. The van der Waals surface area contributed by atoms with Crippen LogP contribution in [0.2, 0.25) is 0 Å². The summed E-state index contributed by atoms with van der Waals surface area (Å²) in [6.07, 6.45) is -3.01. The van der Waals surface area contributed by atoms with Crippen molar-refractivity contribution in [3.63, 3.8) is 0 Å². The number of carbonyl (C=O) groups excluding carboxylic acids is 5. The summed E-state index contributed by atoms with van der Waals surface area (Å²) in [5.41, 5.74) is 6.07. The second-order valence-electron chi connectivity index (χ2n) is 7.18. The van der Waals surface area contributed by atoms with E-state index in [4.69, 9.17) is 19.9 Å². The summed E-state index contributed by atoms with van der Waals surface area (Å²) in [6, 6.07) is 5.50. The number of hydrogen-bond acceptors (Lipinski definition) is 9. The van der Waals surface area contributed by atoms with E-state index in [2.05, 4.69) is 10.6 Å². The fraction of sp³-hybridized carbons (Fsp3) is 0.500. The van der Waals surface area contributed by atoms with E-state index >= 15 is 0 Å². The topological polar surface area (TPSA) is 183 Å². The number of nitrogens with one attached hydrogen (secondary N) is 2. The molecule has 1 aromatic rings. The largest absolute Gasteiger partial charge is 0.466 e. The molecule has 3 amide bonds. The van der Waals surface area contributed by atoms with E-state index < -0.39 is 60.4 Å². The van der Waals surface area contributed by atoms with Crippen LogP contribution in [0, 0.1) is 5.92 Å². The van der Waals surface area contributed by atoms with Crippen molar-refractivity contribution >= 4 is 29.8 Å². The van der Waals surface area contributed by atoms with Gasteiger partial charge in [0.05, 0.1) is 31.7 Å². The molecule has 12 heteroatoms. The van der Waals surface area contributed by atoms with Crippen LogP contribution in [0.4, 0.5) is 4.79 Å². The van der Waals surface area contributed by atoms with E-state index in [1.165, 1.54) is 13.8 Å². The SMILES string of the molecule is CCOC(=O)C[C@H](C(=O)OCC)[C@H](NC(=O)[C@@H](NC(=O)OCc1ccccc1)[C@@H](C)O)C(N)=O. The highest BCUT2D eigenvalue weighted by molar-refractivity contribution is 5.95. The Morgan fingerprint density at radius 1 is 0.941 bits per heavy atom. The Morgan fingerprint density at radius 3 is 2.09 bits per heavy atom. The lowest BCUT2D eigenvalue weighted by atomic mass is 9.94. The average Bonchev–Trinajstić information content (AvgIpc) is 2.78. The summed E-state index contributed by atoms with van der Waals surface area (Å²) in [5.74, 6) is -5.42. The van der Waals surface area contributed by atoms with E-state index in [1.807, 2.05) is 0 Å². The van der Waals surface area contributed by atoms with Crippen molar-refractivity contribution in [2.45, 2.75) is 52.0 Å². The number of aliphatic hydroxyl groups is 1. The number of carbonyl (C=O) groups is 5. The monoisotopic (exact) mass is 481 g/mol. The van der Waals surface area contributed by atoms with Crippen LogP contribution in [0.25, 0.3) is 0 Å². The Hall–Kier alpha value is -3.67. The Bertz CT molecular complexity index is 845. The molecule has 0 saturated carbocycles. The zero-order valence-corrected chi connectivity index (χ0v) is 19.3. The molecule has 1 rings (SSSR count). The fourth-order valence-corrected chi connectivity index (χ4v) is 2.90. The molecule has 0 unspecified atom stereocenters. The maximum Gasteiger partial charge on any atom is 0.408 e. The highest BCUT2D eigenvalue weighted by atomic mass is 16.6. The number of hydrogen-bond donors (Lipinski definition) is 4. The molecule has 0 bridgehead atoms. The second-order valence-corrected chi connectivity index (χ2v) is 7.18. The van der Waals surface area contributed by atoms with E-state index in [0.29, 0.717) is 5.56 Å². The van der Waals surface area contributed by atoms with Crippen molar-refractivity contribution in [3.8, 4) is 0 Å². The first kappa shape index (κ1) is 28.4. The maximum atomic E-state index is 12.8. The van der Waals surface area contributed by atoms with Crippen LogP contribution in [0.1, 0.15) is 32.8 Å². The molecule has 12 nitrogen and oxygen atoms in total. The third kappa shape index (κ3) is 9.45. The minimum absolute atomic E-state index is 0.0289. The van der Waals surface area contributed by atoms with Gasteiger partial charge in [0.25, 0.3) is 0 Å². The average molecular weight is 482 g/mol. The first-order valence-electron chi connectivity index (χ1n) is 10.7. The third-order valence-corrected chi connectivity index (χ3v) is 4.54. The molecule has 0 heterocycles. The van der Waals surface area contributed by atoms with Gasteiger partial charge in [-0.1, -0.05) is 30.3 Å². The molecule has 0 aromatic heterocycles. The van der Waals surface area contributed by atoms with Gasteiger partial charge in [0.15, 0.2) is 0 Å². The third-order valence-electron chi connectivity index (χ3n) is 4.54. The Morgan fingerprint density at radius 2 is 1.56 bits per heavy atom. The number of nitrogens with two attached hydrogens (primary N) is 1. The number of amides is 3. The van der Waals surface area contributed by atoms with Gasteiger partial charge >= 0.3 is 18.0 Å². The lowest BCUT2D eigenvalue weighted by Crippen LogP contribution is -2.59. The minimum atomic E-state index is -1.68. The van der Waals surface area contributed by atoms with Gasteiger partial charge in [0.1, 0.15) is 18.7 Å². The highest BCUT2D eigenvalue weighted by Crippen LogP contribution is 2.14. The van der Waals surface area contributed by atoms with Crippen LogP contribution < -0.4 is 16.4 Å². The van der Waals surface area contributed by atoms with Crippen molar-refractivity contribution in [1.29, 1.82) is 0 Å². The van der Waals surface area contributed by atoms with Gasteiger partial charge in [-0.25, -0.2) is 4.79 Å². The van der Waals surface area contributed by atoms with Gasteiger partial charge in [-0.15, -0.1) is 0 Å². The summed E-state index contributed by atoms with van der Waals surface area (Å²) in [5, 5.41) is 14.4. The highest BCUT2D eigenvalue weighted by Gasteiger charge is 2.39. The van der Waals surface area contributed by atoms with Crippen LogP contribution in [0.15, 0.2) is 30.3 Å². The van der Waals surface area contributed by atoms with E-state index in [0.717, 1.165) is 0 Å². The van der Waals surface area contributed by atoms with Gasteiger partial charge < -0.3 is 35.7 Å². The zero-order chi connectivity index (χ0) is 25.7. The summed E-state index contributed by atoms with van der Waals surface area (Å²) in [6.45, 7) is 4.19. The van der Waals surface area contributed by atoms with E-state index in [9.17, 15) is 29.1 Å². The number of rotatable bonds is 13. The fourth-order valence-electron chi connectivity index (χ4n) is 2.90. The minimum Gasteiger partial charge on any atom is -0.466 e. The summed E-state index contributed by atoms with van der Waals surface area (Å²) in [7, 11) is 0. The van der Waals surface area contributed by atoms with Crippen molar-refractivity contribution in [2.75, 3.05) is 13.2 Å². The first-order valence-corrected chi connectivity index (χ1v) is 10.7. The van der Waals surface area contributed by atoms with Gasteiger partial charge in [-0.05, 0) is 26.3 Å². The Kier molecular flexibility index (Phi) is 12.1. The van der Waals surface area contributed by atoms with Gasteiger partial charge in [0, 0.05) is 0 Å². The summed E-state index contributed by atoms with van der Waals surface area (Å²) >= 11 is 0. The molecule has 1 aromatic carbocycles. The Balaban J connectivity index is 2.95. The molecule has 0 fully saturated rings.